The molecule has 2 N–H and O–H groups in total. The number of hydrogen-bond donors (Lipinski definition) is 2. The summed E-state index contributed by atoms with van der Waals surface area (Å²) in [5.41, 5.74) is 3.42. The molecule has 0 amide bonds. The Morgan fingerprint density at radius 2 is 1.63 bits per heavy atom. The van der Waals surface area contributed by atoms with Crippen LogP contribution >= 0.6 is 0 Å². The minimum absolute atomic E-state index is 0.151. The van der Waals surface area contributed by atoms with Crippen LogP contribution in [0.3, 0.4) is 0 Å². The molecular weight excluding hydrogens is 391 g/mol. The predicted molar refractivity (Wildman–Crippen MR) is 107 cm³/mol. The number of anilines is 1. The van der Waals surface area contributed by atoms with Crippen molar-refractivity contribution in [2.75, 3.05) is 5.32 Å². The molecule has 0 saturated carbocycles. The molecule has 1 heterocycles. The number of aromatic carboxylic acids is 1. The fraction of sp³-hybridized carbons (Fsp3) is 0.208. The standard InChI is InChI=1S/C24H18F3NO2/c25-24(26,27)19-8-4-3-7-16(19)22-18-11-13-5-1-2-6-15(13)21(18)17-12-14(23(29)30)9-10-20(17)28-22/h1-10,12,18,21-22,28H,11H2,(H,29,30)/t18-,21+,22-/m1/s1. The zero-order valence-corrected chi connectivity index (χ0v) is 15.8. The van der Waals surface area contributed by atoms with E-state index in [1.165, 1.54) is 18.2 Å². The van der Waals surface area contributed by atoms with E-state index in [9.17, 15) is 23.1 Å². The van der Waals surface area contributed by atoms with Crippen LogP contribution in [0.1, 0.15) is 50.1 Å². The number of carboxylic acid groups (broad SMARTS) is 1. The van der Waals surface area contributed by atoms with Crippen LogP contribution in [0.2, 0.25) is 0 Å². The third-order valence-electron chi connectivity index (χ3n) is 6.25. The van der Waals surface area contributed by atoms with Crippen molar-refractivity contribution < 1.29 is 23.1 Å². The van der Waals surface area contributed by atoms with E-state index >= 15 is 0 Å². The van der Waals surface area contributed by atoms with Crippen LogP contribution in [0.25, 0.3) is 0 Å². The summed E-state index contributed by atoms with van der Waals surface area (Å²) < 4.78 is 41.3. The first-order chi connectivity index (χ1) is 14.3. The Balaban J connectivity index is 1.70. The van der Waals surface area contributed by atoms with Crippen molar-refractivity contribution in [1.29, 1.82) is 0 Å². The smallest absolute Gasteiger partial charge is 0.416 e. The van der Waals surface area contributed by atoms with Crippen LogP contribution in [0.5, 0.6) is 0 Å². The quantitative estimate of drug-likeness (QED) is 0.556. The molecule has 1 aliphatic carbocycles. The lowest BCUT2D eigenvalue weighted by atomic mass is 9.74. The van der Waals surface area contributed by atoms with Gasteiger partial charge in [0, 0.05) is 11.6 Å². The van der Waals surface area contributed by atoms with Gasteiger partial charge in [-0.25, -0.2) is 4.79 Å². The summed E-state index contributed by atoms with van der Waals surface area (Å²) in [7, 11) is 0. The Kier molecular flexibility index (Phi) is 4.13. The molecule has 0 aromatic heterocycles. The van der Waals surface area contributed by atoms with Gasteiger partial charge >= 0.3 is 12.1 Å². The minimum atomic E-state index is -4.45. The largest absolute Gasteiger partial charge is 0.478 e. The maximum absolute atomic E-state index is 13.8. The second-order valence-electron chi connectivity index (χ2n) is 7.86. The van der Waals surface area contributed by atoms with Crippen molar-refractivity contribution in [3.05, 3.63) is 100 Å². The van der Waals surface area contributed by atoms with Gasteiger partial charge in [-0.1, -0.05) is 42.5 Å². The zero-order chi connectivity index (χ0) is 21.0. The van der Waals surface area contributed by atoms with Crippen molar-refractivity contribution in [3.8, 4) is 0 Å². The van der Waals surface area contributed by atoms with Crippen molar-refractivity contribution >= 4 is 11.7 Å². The number of benzene rings is 3. The maximum atomic E-state index is 13.8. The summed E-state index contributed by atoms with van der Waals surface area (Å²) in [6, 6.07) is 17.8. The average Bonchev–Trinajstić information content (AvgIpc) is 3.12. The molecule has 0 saturated heterocycles. The van der Waals surface area contributed by atoms with Crippen LogP contribution < -0.4 is 5.32 Å². The predicted octanol–water partition coefficient (Wildman–Crippen LogP) is 5.87. The number of carbonyl (C=O) groups is 1. The van der Waals surface area contributed by atoms with E-state index in [4.69, 9.17) is 0 Å². The van der Waals surface area contributed by atoms with E-state index in [-0.39, 0.29) is 23.0 Å². The highest BCUT2D eigenvalue weighted by Crippen LogP contribution is 2.55. The molecular formula is C24H18F3NO2. The molecule has 0 bridgehead atoms. The number of alkyl halides is 3. The molecule has 0 spiro atoms. The molecule has 152 valence electrons. The topological polar surface area (TPSA) is 49.3 Å². The van der Waals surface area contributed by atoms with E-state index in [0.717, 1.165) is 22.8 Å². The lowest BCUT2D eigenvalue weighted by Gasteiger charge is -2.39. The zero-order valence-electron chi connectivity index (χ0n) is 15.8. The summed E-state index contributed by atoms with van der Waals surface area (Å²) in [6.45, 7) is 0. The van der Waals surface area contributed by atoms with Crippen LogP contribution in [-0.2, 0) is 12.6 Å². The van der Waals surface area contributed by atoms with E-state index in [1.54, 1.807) is 18.2 Å². The highest BCUT2D eigenvalue weighted by molar-refractivity contribution is 5.89. The minimum Gasteiger partial charge on any atom is -0.478 e. The molecule has 3 aromatic carbocycles. The highest BCUT2D eigenvalue weighted by atomic mass is 19.4. The molecule has 0 unspecified atom stereocenters. The van der Waals surface area contributed by atoms with Gasteiger partial charge in [-0.3, -0.25) is 0 Å². The SMILES string of the molecule is O=C(O)c1ccc2c(c1)[C@@H]1c3ccccc3C[C@H]1[C@@H](c1ccccc1C(F)(F)F)N2. The fourth-order valence-electron chi connectivity index (χ4n) is 5.03. The summed E-state index contributed by atoms with van der Waals surface area (Å²) in [5.74, 6) is -1.34. The molecule has 2 aliphatic rings. The van der Waals surface area contributed by atoms with E-state index in [2.05, 4.69) is 5.32 Å². The van der Waals surface area contributed by atoms with E-state index in [1.807, 2.05) is 24.3 Å². The number of nitrogens with one attached hydrogen (secondary N) is 1. The Morgan fingerprint density at radius 1 is 0.933 bits per heavy atom. The molecule has 3 atom stereocenters. The molecule has 0 fully saturated rings. The normalized spacial score (nSPS) is 21.9. The van der Waals surface area contributed by atoms with Gasteiger partial charge in [0.25, 0.3) is 0 Å². The van der Waals surface area contributed by atoms with Gasteiger partial charge in [0.1, 0.15) is 0 Å². The molecule has 0 radical (unpaired) electrons. The van der Waals surface area contributed by atoms with Crippen molar-refractivity contribution in [1.82, 2.24) is 0 Å². The Labute approximate surface area is 171 Å². The summed E-state index contributed by atoms with van der Waals surface area (Å²) in [6.07, 6.45) is -3.83. The maximum Gasteiger partial charge on any atom is 0.416 e. The molecule has 3 aromatic rings. The van der Waals surface area contributed by atoms with Crippen LogP contribution in [-0.4, -0.2) is 11.1 Å². The van der Waals surface area contributed by atoms with Crippen molar-refractivity contribution in [2.45, 2.75) is 24.6 Å². The molecule has 30 heavy (non-hydrogen) atoms. The van der Waals surface area contributed by atoms with Gasteiger partial charge in [-0.05, 0) is 58.9 Å². The van der Waals surface area contributed by atoms with E-state index < -0.39 is 23.8 Å². The molecule has 5 rings (SSSR count). The number of hydrogen-bond acceptors (Lipinski definition) is 2. The monoisotopic (exact) mass is 409 g/mol. The first-order valence-electron chi connectivity index (χ1n) is 9.72. The summed E-state index contributed by atoms with van der Waals surface area (Å²) >= 11 is 0. The highest BCUT2D eigenvalue weighted by Gasteiger charge is 2.46. The van der Waals surface area contributed by atoms with Crippen molar-refractivity contribution in [3.63, 3.8) is 0 Å². The number of fused-ring (bicyclic) bond motifs is 5. The summed E-state index contributed by atoms with van der Waals surface area (Å²) in [4.78, 5) is 11.5. The van der Waals surface area contributed by atoms with E-state index in [0.29, 0.717) is 12.1 Å². The van der Waals surface area contributed by atoms with Crippen molar-refractivity contribution in [2.24, 2.45) is 5.92 Å². The molecule has 6 heteroatoms. The van der Waals surface area contributed by atoms with Crippen LogP contribution in [0.15, 0.2) is 66.7 Å². The Hall–Kier alpha value is -3.28. The lowest BCUT2D eigenvalue weighted by molar-refractivity contribution is -0.138. The van der Waals surface area contributed by atoms with Gasteiger partial charge in [0.15, 0.2) is 0 Å². The number of rotatable bonds is 2. The summed E-state index contributed by atoms with van der Waals surface area (Å²) in [5, 5.41) is 12.7. The van der Waals surface area contributed by atoms with Gasteiger partial charge in [0.2, 0.25) is 0 Å². The molecule has 1 aliphatic heterocycles. The van der Waals surface area contributed by atoms with Gasteiger partial charge in [0.05, 0.1) is 17.2 Å². The van der Waals surface area contributed by atoms with Crippen LogP contribution in [0, 0.1) is 5.92 Å². The molecule has 3 nitrogen and oxygen atoms in total. The lowest BCUT2D eigenvalue weighted by Crippen LogP contribution is -2.32. The first-order valence-corrected chi connectivity index (χ1v) is 9.72. The van der Waals surface area contributed by atoms with Gasteiger partial charge < -0.3 is 10.4 Å². The second kappa shape index (κ2) is 6.62. The van der Waals surface area contributed by atoms with Crippen LogP contribution in [0.4, 0.5) is 18.9 Å². The first kappa shape index (κ1) is 18.7. The average molecular weight is 409 g/mol. The fourth-order valence-corrected chi connectivity index (χ4v) is 5.03. The Bertz CT molecular complexity index is 1160. The third-order valence-corrected chi connectivity index (χ3v) is 6.25. The van der Waals surface area contributed by atoms with Gasteiger partial charge in [-0.2, -0.15) is 13.2 Å². The van der Waals surface area contributed by atoms with Gasteiger partial charge in [-0.15, -0.1) is 0 Å². The second-order valence-corrected chi connectivity index (χ2v) is 7.86. The Morgan fingerprint density at radius 3 is 2.37 bits per heavy atom. The number of carboxylic acids is 1. The third kappa shape index (κ3) is 2.86. The number of halogens is 3.